The van der Waals surface area contributed by atoms with E-state index in [0.717, 1.165) is 0 Å². The largest absolute Gasteiger partial charge is 0.427 e. The summed E-state index contributed by atoms with van der Waals surface area (Å²) in [6.45, 7) is 4.62. The van der Waals surface area contributed by atoms with E-state index in [-0.39, 0.29) is 17.0 Å². The Morgan fingerprint density at radius 2 is 2.10 bits per heavy atom. The van der Waals surface area contributed by atoms with Crippen LogP contribution < -0.4 is 5.73 Å². The maximum absolute atomic E-state index is 11.9. The van der Waals surface area contributed by atoms with Crippen molar-refractivity contribution in [2.45, 2.75) is 32.2 Å². The Labute approximate surface area is 126 Å². The zero-order valence-corrected chi connectivity index (χ0v) is 12.9. The minimum Gasteiger partial charge on any atom is -0.427 e. The second-order valence-corrected chi connectivity index (χ2v) is 6.93. The fourth-order valence-corrected chi connectivity index (χ4v) is 2.99. The van der Waals surface area contributed by atoms with Crippen LogP contribution in [0.3, 0.4) is 0 Å². The molecular formula is C13H18N2O5S. The maximum Gasteiger partial charge on any atom is 0.357 e. The minimum atomic E-state index is -0.692. The summed E-state index contributed by atoms with van der Waals surface area (Å²) in [5, 5.41) is -0.220. The number of thioether (sulfide) groups is 1. The van der Waals surface area contributed by atoms with E-state index in [4.69, 9.17) is 15.2 Å². The smallest absolute Gasteiger partial charge is 0.357 e. The summed E-state index contributed by atoms with van der Waals surface area (Å²) in [6.07, 6.45) is 1.61. The van der Waals surface area contributed by atoms with Gasteiger partial charge in [-0.15, -0.1) is 11.8 Å². The highest BCUT2D eigenvalue weighted by Crippen LogP contribution is 2.36. The molecule has 2 N–H and O–H groups in total. The molecule has 1 amide bonds. The Kier molecular flexibility index (Phi) is 4.29. The van der Waals surface area contributed by atoms with Crippen LogP contribution in [0.25, 0.3) is 0 Å². The van der Waals surface area contributed by atoms with Gasteiger partial charge in [0.05, 0.1) is 5.41 Å². The van der Waals surface area contributed by atoms with Crippen LogP contribution in [0.5, 0.6) is 0 Å². The quantitative estimate of drug-likeness (QED) is 0.451. The lowest BCUT2D eigenvalue weighted by atomic mass is 9.98. The Balaban J connectivity index is 1.88. The summed E-state index contributed by atoms with van der Waals surface area (Å²) < 4.78 is 9.74. The van der Waals surface area contributed by atoms with E-state index in [1.54, 1.807) is 26.8 Å². The van der Waals surface area contributed by atoms with Crippen LogP contribution in [0.4, 0.5) is 0 Å². The number of esters is 2. The average molecular weight is 314 g/mol. The molecule has 0 aliphatic carbocycles. The third-order valence-electron chi connectivity index (χ3n) is 3.09. The van der Waals surface area contributed by atoms with Crippen LogP contribution in [0, 0.1) is 5.41 Å². The van der Waals surface area contributed by atoms with Gasteiger partial charge in [-0.25, -0.2) is 4.79 Å². The minimum absolute atomic E-state index is 0.164. The molecule has 1 unspecified atom stereocenters. The van der Waals surface area contributed by atoms with Crippen molar-refractivity contribution < 1.29 is 23.9 Å². The summed E-state index contributed by atoms with van der Waals surface area (Å²) in [4.78, 5) is 36.5. The van der Waals surface area contributed by atoms with E-state index in [2.05, 4.69) is 0 Å². The van der Waals surface area contributed by atoms with E-state index in [9.17, 15) is 14.4 Å². The molecule has 1 fully saturated rings. The number of nitrogens with zero attached hydrogens (tertiary/aromatic N) is 1. The number of nitrogens with two attached hydrogens (primary N) is 1. The number of carbonyl (C=O) groups excluding carboxylic acids is 3. The van der Waals surface area contributed by atoms with E-state index < -0.39 is 30.2 Å². The summed E-state index contributed by atoms with van der Waals surface area (Å²) in [5.41, 5.74) is 5.16. The molecule has 7 nitrogen and oxygen atoms in total. The molecule has 0 aromatic heterocycles. The standard InChI is InChI=1S/C13H18N2O5S/c1-13(2,3)12(18)20-6-19-11(17)7-4-5-21-10-8(14)9(16)15(7)10/h4,8,10H,5-6,14H2,1-3H3/t8?,10-/m1/s1. The summed E-state index contributed by atoms with van der Waals surface area (Å²) >= 11 is 1.49. The highest BCUT2D eigenvalue weighted by atomic mass is 32.2. The van der Waals surface area contributed by atoms with E-state index >= 15 is 0 Å². The van der Waals surface area contributed by atoms with Gasteiger partial charge in [-0.2, -0.15) is 0 Å². The molecule has 2 heterocycles. The Bertz CT molecular complexity index is 511. The van der Waals surface area contributed by atoms with E-state index in [0.29, 0.717) is 5.75 Å². The molecule has 2 atom stereocenters. The molecule has 21 heavy (non-hydrogen) atoms. The zero-order chi connectivity index (χ0) is 15.8. The Morgan fingerprint density at radius 3 is 2.71 bits per heavy atom. The van der Waals surface area contributed by atoms with Crippen LogP contribution >= 0.6 is 11.8 Å². The number of hydrogen-bond acceptors (Lipinski definition) is 7. The lowest BCUT2D eigenvalue weighted by molar-refractivity contribution is -0.173. The first-order valence-electron chi connectivity index (χ1n) is 6.48. The number of ether oxygens (including phenoxy) is 2. The molecular weight excluding hydrogens is 296 g/mol. The summed E-state index contributed by atoms with van der Waals surface area (Å²) in [5.74, 6) is -0.887. The Hall–Kier alpha value is -1.54. The maximum atomic E-state index is 11.9. The first kappa shape index (κ1) is 15.8. The van der Waals surface area contributed by atoms with Crippen molar-refractivity contribution in [3.63, 3.8) is 0 Å². The van der Waals surface area contributed by atoms with Gasteiger partial charge in [0, 0.05) is 5.75 Å². The highest BCUT2D eigenvalue weighted by molar-refractivity contribution is 8.00. The molecule has 2 aliphatic heterocycles. The van der Waals surface area contributed by atoms with Crippen molar-refractivity contribution in [1.29, 1.82) is 0 Å². The predicted octanol–water partition coefficient (Wildman–Crippen LogP) is 0.203. The Morgan fingerprint density at radius 1 is 1.43 bits per heavy atom. The van der Waals surface area contributed by atoms with E-state index in [1.165, 1.54) is 16.7 Å². The average Bonchev–Trinajstić information content (AvgIpc) is 2.44. The van der Waals surface area contributed by atoms with Gasteiger partial charge in [0.25, 0.3) is 0 Å². The van der Waals surface area contributed by atoms with Crippen LogP contribution in [0.2, 0.25) is 0 Å². The number of rotatable bonds is 3. The fourth-order valence-electron chi connectivity index (χ4n) is 1.85. The molecule has 0 saturated carbocycles. The number of carbonyl (C=O) groups is 3. The second kappa shape index (κ2) is 5.69. The van der Waals surface area contributed by atoms with Crippen LogP contribution in [-0.4, -0.2) is 46.7 Å². The van der Waals surface area contributed by atoms with Gasteiger partial charge < -0.3 is 15.2 Å². The first-order valence-corrected chi connectivity index (χ1v) is 7.53. The van der Waals surface area contributed by atoms with Gasteiger partial charge >= 0.3 is 11.9 Å². The predicted molar refractivity (Wildman–Crippen MR) is 75.7 cm³/mol. The first-order chi connectivity index (χ1) is 9.73. The van der Waals surface area contributed by atoms with Crippen LogP contribution in [0.1, 0.15) is 20.8 Å². The number of hydrogen-bond donors (Lipinski definition) is 1. The third kappa shape index (κ3) is 3.06. The van der Waals surface area contributed by atoms with Crippen LogP contribution in [-0.2, 0) is 23.9 Å². The second-order valence-electron chi connectivity index (χ2n) is 5.78. The van der Waals surface area contributed by atoms with Crippen molar-refractivity contribution >= 4 is 29.6 Å². The molecule has 8 heteroatoms. The molecule has 0 aromatic rings. The number of β-lactam (4-membered cyclic amide) rings is 1. The normalized spacial score (nSPS) is 24.7. The van der Waals surface area contributed by atoms with Gasteiger partial charge in [0.15, 0.2) is 0 Å². The number of amides is 1. The summed E-state index contributed by atoms with van der Waals surface area (Å²) in [7, 11) is 0. The van der Waals surface area contributed by atoms with E-state index in [1.807, 2.05) is 0 Å². The highest BCUT2D eigenvalue weighted by Gasteiger charge is 2.50. The fraction of sp³-hybridized carbons (Fsp3) is 0.615. The van der Waals surface area contributed by atoms with Crippen molar-refractivity contribution in [3.05, 3.63) is 11.8 Å². The number of fused-ring (bicyclic) bond motifs is 1. The van der Waals surface area contributed by atoms with Crippen molar-refractivity contribution in [3.8, 4) is 0 Å². The topological polar surface area (TPSA) is 98.9 Å². The lowest BCUT2D eigenvalue weighted by Crippen LogP contribution is -2.68. The van der Waals surface area contributed by atoms with Gasteiger partial charge in [0.1, 0.15) is 17.1 Å². The third-order valence-corrected chi connectivity index (χ3v) is 4.29. The van der Waals surface area contributed by atoms with Crippen molar-refractivity contribution in [2.75, 3.05) is 12.5 Å². The van der Waals surface area contributed by atoms with Gasteiger partial charge in [0.2, 0.25) is 12.7 Å². The molecule has 2 rings (SSSR count). The zero-order valence-electron chi connectivity index (χ0n) is 12.1. The van der Waals surface area contributed by atoms with Crippen molar-refractivity contribution in [1.82, 2.24) is 4.90 Å². The monoisotopic (exact) mass is 314 g/mol. The molecule has 0 spiro atoms. The lowest BCUT2D eigenvalue weighted by Gasteiger charge is -2.46. The summed E-state index contributed by atoms with van der Waals surface area (Å²) in [6, 6.07) is -0.579. The molecule has 0 radical (unpaired) electrons. The molecule has 2 aliphatic rings. The SMILES string of the molecule is CC(C)(C)C(=O)OCOC(=O)C1=CCS[C@@H]2C(N)C(=O)N12. The molecule has 0 aromatic carbocycles. The molecule has 1 saturated heterocycles. The molecule has 0 bridgehead atoms. The van der Waals surface area contributed by atoms with Gasteiger partial charge in [-0.3, -0.25) is 14.5 Å². The molecule has 116 valence electrons. The van der Waals surface area contributed by atoms with Crippen LogP contribution in [0.15, 0.2) is 11.8 Å². The van der Waals surface area contributed by atoms with Gasteiger partial charge in [-0.1, -0.05) is 0 Å². The van der Waals surface area contributed by atoms with Crippen molar-refractivity contribution in [2.24, 2.45) is 11.1 Å². The van der Waals surface area contributed by atoms with Gasteiger partial charge in [-0.05, 0) is 26.8 Å².